The van der Waals surface area contributed by atoms with Crippen LogP contribution in [0.25, 0.3) is 0 Å². The third-order valence-corrected chi connectivity index (χ3v) is 5.31. The second-order valence-electron chi connectivity index (χ2n) is 6.29. The van der Waals surface area contributed by atoms with E-state index in [2.05, 4.69) is 10.6 Å². The summed E-state index contributed by atoms with van der Waals surface area (Å²) in [6.07, 6.45) is 0.131. The van der Waals surface area contributed by atoms with E-state index in [1.54, 1.807) is 18.2 Å². The van der Waals surface area contributed by atoms with Gasteiger partial charge in [0.2, 0.25) is 5.91 Å². The number of anilines is 1. The van der Waals surface area contributed by atoms with Gasteiger partial charge in [-0.05, 0) is 41.8 Å². The highest BCUT2D eigenvalue weighted by molar-refractivity contribution is 6.36. The molecule has 130 valence electrons. The van der Waals surface area contributed by atoms with Crippen LogP contribution in [0.2, 0.25) is 10.0 Å². The number of amides is 1. The zero-order chi connectivity index (χ0) is 18.2. The predicted octanol–water partition coefficient (Wildman–Crippen LogP) is 4.08. The molecule has 1 aliphatic rings. The smallest absolute Gasteiger partial charge is 0.221 e. The highest BCUT2D eigenvalue weighted by Gasteiger charge is 2.41. The Kier molecular flexibility index (Phi) is 4.87. The van der Waals surface area contributed by atoms with Gasteiger partial charge in [0.15, 0.2) is 5.78 Å². The Morgan fingerprint density at radius 1 is 1.16 bits per heavy atom. The van der Waals surface area contributed by atoms with Crippen LogP contribution >= 0.6 is 23.2 Å². The number of rotatable bonds is 4. The van der Waals surface area contributed by atoms with Crippen molar-refractivity contribution in [3.8, 4) is 0 Å². The molecule has 2 aromatic rings. The number of Topliss-reactive ketones (excluding diaryl/α,β-unsaturated/α-hetero) is 1. The molecule has 1 unspecified atom stereocenters. The lowest BCUT2D eigenvalue weighted by molar-refractivity contribution is -0.124. The molecular formula is C19H18Cl2N2O2. The van der Waals surface area contributed by atoms with Crippen molar-refractivity contribution in [3.05, 3.63) is 63.1 Å². The fourth-order valence-corrected chi connectivity index (χ4v) is 3.73. The van der Waals surface area contributed by atoms with Gasteiger partial charge < -0.3 is 5.32 Å². The lowest BCUT2D eigenvalue weighted by Crippen LogP contribution is -2.42. The molecule has 6 heteroatoms. The number of hydrogen-bond acceptors (Lipinski definition) is 3. The van der Waals surface area contributed by atoms with Crippen LogP contribution in [0.4, 0.5) is 5.69 Å². The highest BCUT2D eigenvalue weighted by atomic mass is 35.5. The largest absolute Gasteiger partial charge is 0.326 e. The molecule has 1 atom stereocenters. The van der Waals surface area contributed by atoms with Gasteiger partial charge in [-0.2, -0.15) is 0 Å². The molecule has 25 heavy (non-hydrogen) atoms. The summed E-state index contributed by atoms with van der Waals surface area (Å²) >= 11 is 12.4. The number of halogens is 2. The lowest BCUT2D eigenvalue weighted by atomic mass is 9.85. The summed E-state index contributed by atoms with van der Waals surface area (Å²) in [5, 5.41) is 7.06. The molecule has 3 rings (SSSR count). The Bertz CT molecular complexity index is 846. The molecule has 0 bridgehead atoms. The molecule has 0 saturated carbocycles. The number of hydrogen-bond donors (Lipinski definition) is 2. The third-order valence-electron chi connectivity index (χ3n) is 4.60. The molecule has 1 aliphatic heterocycles. The monoisotopic (exact) mass is 376 g/mol. The first-order valence-electron chi connectivity index (χ1n) is 7.94. The molecule has 2 aromatic carbocycles. The fraction of sp³-hybridized carbons (Fsp3) is 0.263. The number of fused-ring (bicyclic) bond motifs is 1. The van der Waals surface area contributed by atoms with Crippen LogP contribution in [-0.4, -0.2) is 11.7 Å². The summed E-state index contributed by atoms with van der Waals surface area (Å²) in [7, 11) is 0. The number of benzene rings is 2. The zero-order valence-electron chi connectivity index (χ0n) is 14.0. The van der Waals surface area contributed by atoms with E-state index in [4.69, 9.17) is 23.2 Å². The first-order valence-corrected chi connectivity index (χ1v) is 8.69. The van der Waals surface area contributed by atoms with Gasteiger partial charge >= 0.3 is 0 Å². The van der Waals surface area contributed by atoms with Crippen molar-refractivity contribution < 1.29 is 9.59 Å². The van der Waals surface area contributed by atoms with Crippen LogP contribution in [0.15, 0.2) is 36.4 Å². The van der Waals surface area contributed by atoms with Crippen LogP contribution in [0.5, 0.6) is 0 Å². The Balaban J connectivity index is 1.95. The minimum Gasteiger partial charge on any atom is -0.326 e. The van der Waals surface area contributed by atoms with Crippen LogP contribution in [0.3, 0.4) is 0 Å². The van der Waals surface area contributed by atoms with Crippen molar-refractivity contribution in [1.29, 1.82) is 0 Å². The van der Waals surface area contributed by atoms with Gasteiger partial charge in [-0.15, -0.1) is 0 Å². The average molecular weight is 377 g/mol. The average Bonchev–Trinajstić information content (AvgIpc) is 2.90. The van der Waals surface area contributed by atoms with Crippen molar-refractivity contribution >= 4 is 40.6 Å². The van der Waals surface area contributed by atoms with Crippen molar-refractivity contribution in [3.63, 3.8) is 0 Å². The second kappa shape index (κ2) is 6.79. The normalized spacial score (nSPS) is 18.7. The molecular weight excluding hydrogens is 359 g/mol. The Labute approximate surface area is 156 Å². The number of nitrogens with one attached hydrogen (secondary N) is 2. The van der Waals surface area contributed by atoms with E-state index in [0.29, 0.717) is 22.2 Å². The van der Waals surface area contributed by atoms with Crippen LogP contribution in [0, 0.1) is 0 Å². The van der Waals surface area contributed by atoms with Crippen LogP contribution in [-0.2, 0) is 28.1 Å². The number of ketones is 1. The quantitative estimate of drug-likeness (QED) is 0.844. The standard InChI is InChI=1S/C19H18Cl2N2O2/c1-11(24)23-17-8-3-5-14-13(17)10-22-19(14,2)18(25)9-12-15(20)6-4-7-16(12)21/h3-8,22H,9-10H2,1-2H3,(H,23,24). The van der Waals surface area contributed by atoms with Gasteiger partial charge in [0.25, 0.3) is 0 Å². The molecule has 2 N–H and O–H groups in total. The SMILES string of the molecule is CC(=O)Nc1cccc2c1CNC2(C)C(=O)Cc1c(Cl)cccc1Cl. The van der Waals surface area contributed by atoms with E-state index in [-0.39, 0.29) is 18.1 Å². The molecule has 0 radical (unpaired) electrons. The Morgan fingerprint density at radius 3 is 2.44 bits per heavy atom. The van der Waals surface area contributed by atoms with Crippen molar-refractivity contribution in [2.75, 3.05) is 5.32 Å². The Morgan fingerprint density at radius 2 is 1.80 bits per heavy atom. The summed E-state index contributed by atoms with van der Waals surface area (Å²) < 4.78 is 0. The van der Waals surface area contributed by atoms with Crippen molar-refractivity contribution in [2.45, 2.75) is 32.4 Å². The molecule has 0 fully saturated rings. The maximum absolute atomic E-state index is 13.1. The summed E-state index contributed by atoms with van der Waals surface area (Å²) in [5.41, 5.74) is 2.30. The fourth-order valence-electron chi connectivity index (χ4n) is 3.20. The minimum atomic E-state index is -0.855. The molecule has 0 saturated heterocycles. The number of carbonyl (C=O) groups is 2. The van der Waals surface area contributed by atoms with Gasteiger partial charge in [-0.3, -0.25) is 14.9 Å². The van der Waals surface area contributed by atoms with E-state index in [9.17, 15) is 9.59 Å². The maximum Gasteiger partial charge on any atom is 0.221 e. The molecule has 0 aliphatic carbocycles. The summed E-state index contributed by atoms with van der Waals surface area (Å²) in [6.45, 7) is 3.82. The van der Waals surface area contributed by atoms with E-state index in [0.717, 1.165) is 16.8 Å². The highest BCUT2D eigenvalue weighted by Crippen LogP contribution is 2.37. The molecule has 1 heterocycles. The van der Waals surface area contributed by atoms with E-state index >= 15 is 0 Å². The first-order chi connectivity index (χ1) is 11.8. The van der Waals surface area contributed by atoms with Gasteiger partial charge in [-0.25, -0.2) is 0 Å². The van der Waals surface area contributed by atoms with Gasteiger partial charge in [0.05, 0.1) is 0 Å². The lowest BCUT2D eigenvalue weighted by Gasteiger charge is -2.25. The third kappa shape index (κ3) is 3.30. The van der Waals surface area contributed by atoms with E-state index in [1.165, 1.54) is 6.92 Å². The first kappa shape index (κ1) is 17.9. The summed E-state index contributed by atoms with van der Waals surface area (Å²) in [4.78, 5) is 24.5. The van der Waals surface area contributed by atoms with Gasteiger partial charge in [-0.1, -0.05) is 41.4 Å². The Hall–Kier alpha value is -1.88. The van der Waals surface area contributed by atoms with Crippen molar-refractivity contribution in [2.24, 2.45) is 0 Å². The molecule has 0 aromatic heterocycles. The van der Waals surface area contributed by atoms with Crippen LogP contribution in [0.1, 0.15) is 30.5 Å². The zero-order valence-corrected chi connectivity index (χ0v) is 15.5. The summed E-state index contributed by atoms with van der Waals surface area (Å²) in [5.74, 6) is -0.169. The van der Waals surface area contributed by atoms with Crippen LogP contribution < -0.4 is 10.6 Å². The van der Waals surface area contributed by atoms with E-state index in [1.807, 2.05) is 25.1 Å². The van der Waals surface area contributed by atoms with E-state index < -0.39 is 5.54 Å². The molecule has 0 spiro atoms. The maximum atomic E-state index is 13.1. The van der Waals surface area contributed by atoms with Gasteiger partial charge in [0, 0.05) is 35.6 Å². The molecule has 1 amide bonds. The summed E-state index contributed by atoms with van der Waals surface area (Å²) in [6, 6.07) is 10.8. The number of carbonyl (C=O) groups excluding carboxylic acids is 2. The predicted molar refractivity (Wildman–Crippen MR) is 100 cm³/mol. The second-order valence-corrected chi connectivity index (χ2v) is 7.11. The minimum absolute atomic E-state index is 0.0266. The van der Waals surface area contributed by atoms with Gasteiger partial charge in [0.1, 0.15) is 5.54 Å². The molecule has 4 nitrogen and oxygen atoms in total. The topological polar surface area (TPSA) is 58.2 Å². The van der Waals surface area contributed by atoms with Crippen molar-refractivity contribution in [1.82, 2.24) is 5.32 Å².